The van der Waals surface area contributed by atoms with Gasteiger partial charge in [0.25, 0.3) is 7.44 Å². The molecule has 6 rings (SSSR count). The summed E-state index contributed by atoms with van der Waals surface area (Å²) >= 11 is 0. The summed E-state index contributed by atoms with van der Waals surface area (Å²) in [6, 6.07) is 21.1. The van der Waals surface area contributed by atoms with Crippen molar-refractivity contribution in [2.45, 2.75) is 25.9 Å². The highest BCUT2D eigenvalue weighted by molar-refractivity contribution is 7.63. The predicted octanol–water partition coefficient (Wildman–Crippen LogP) is 6.60. The molecule has 4 heteroatoms. The van der Waals surface area contributed by atoms with Gasteiger partial charge in [0.15, 0.2) is 0 Å². The van der Waals surface area contributed by atoms with Gasteiger partial charge in [-0.05, 0) is 32.9 Å². The Balaban J connectivity index is 2.05. The van der Waals surface area contributed by atoms with Crippen LogP contribution >= 0.6 is 7.44 Å². The molecule has 2 aromatic heterocycles. The molecule has 0 saturated carbocycles. The van der Waals surface area contributed by atoms with Crippen LogP contribution in [0, 0.1) is 0 Å². The van der Waals surface area contributed by atoms with Crippen LogP contribution in [0.5, 0.6) is 0 Å². The van der Waals surface area contributed by atoms with Crippen LogP contribution in [-0.4, -0.2) is 13.8 Å². The van der Waals surface area contributed by atoms with Crippen LogP contribution in [-0.2, 0) is 4.57 Å². The van der Waals surface area contributed by atoms with E-state index in [1.807, 2.05) is 12.1 Å². The number of fused-ring (bicyclic) bond motifs is 6. The van der Waals surface area contributed by atoms with Crippen LogP contribution in [0.25, 0.3) is 43.6 Å². The number of benzene rings is 3. The van der Waals surface area contributed by atoms with Gasteiger partial charge in [0.05, 0.1) is 27.2 Å². The molecule has 0 amide bonds. The number of hydrogen-bond donors (Lipinski definition) is 0. The molecule has 0 aliphatic carbocycles. The van der Waals surface area contributed by atoms with Crippen LogP contribution in [0.15, 0.2) is 60.7 Å². The summed E-state index contributed by atoms with van der Waals surface area (Å²) in [4.78, 5) is 0. The van der Waals surface area contributed by atoms with Gasteiger partial charge in [-0.25, -0.2) is 0 Å². The fourth-order valence-corrected chi connectivity index (χ4v) is 7.97. The maximum absolute atomic E-state index is 14.9. The van der Waals surface area contributed by atoms with Crippen molar-refractivity contribution in [3.8, 4) is 0 Å². The first-order valence-corrected chi connectivity index (χ1v) is 10.6. The smallest absolute Gasteiger partial charge is 0.274 e. The van der Waals surface area contributed by atoms with Crippen LogP contribution < -0.4 is 0 Å². The average Bonchev–Trinajstić information content (AvgIpc) is 3.22. The minimum absolute atomic E-state index is 0.393. The van der Waals surface area contributed by atoms with E-state index in [1.54, 1.807) is 0 Å². The Kier molecular flexibility index (Phi) is 2.39. The number of nitrogens with zero attached hydrogens (tertiary/aromatic N) is 2. The number of hydrogen-bond acceptors (Lipinski definition) is 1. The Morgan fingerprint density at radius 1 is 0.654 bits per heavy atom. The molecule has 128 valence electrons. The summed E-state index contributed by atoms with van der Waals surface area (Å²) < 4.78 is 19.2. The van der Waals surface area contributed by atoms with E-state index in [9.17, 15) is 4.57 Å². The lowest BCUT2D eigenvalue weighted by Gasteiger charge is -2.31. The molecule has 0 spiro atoms. The Morgan fingerprint density at radius 3 is 1.50 bits per heavy atom. The topological polar surface area (TPSA) is 26.9 Å². The summed E-state index contributed by atoms with van der Waals surface area (Å²) in [5.41, 5.74) is 4.39. The summed E-state index contributed by atoms with van der Waals surface area (Å²) in [7, 11) is -2.95. The molecular formula is C22H19N2OP. The Hall–Kier alpha value is -2.51. The zero-order chi connectivity index (χ0) is 17.8. The number of aromatic nitrogens is 2. The maximum atomic E-state index is 14.9. The maximum Gasteiger partial charge on any atom is 0.277 e. The fourth-order valence-electron chi connectivity index (χ4n) is 4.71. The Bertz CT molecular complexity index is 1340. The summed E-state index contributed by atoms with van der Waals surface area (Å²) in [5, 5.41) is 4.36. The van der Waals surface area contributed by atoms with E-state index in [2.05, 4.69) is 78.0 Å². The largest absolute Gasteiger partial charge is 0.277 e. The third-order valence-electron chi connectivity index (χ3n) is 5.84. The van der Waals surface area contributed by atoms with E-state index >= 15 is 0 Å². The first kappa shape index (κ1) is 14.6. The summed E-state index contributed by atoms with van der Waals surface area (Å²) in [6.45, 7) is 6.29. The Morgan fingerprint density at radius 2 is 1.08 bits per heavy atom. The molecule has 0 saturated heterocycles. The van der Waals surface area contributed by atoms with Gasteiger partial charge in [0.1, 0.15) is 0 Å². The molecule has 3 heterocycles. The molecule has 0 unspecified atom stereocenters. The first-order chi connectivity index (χ1) is 12.4. The van der Waals surface area contributed by atoms with E-state index in [-0.39, 0.29) is 0 Å². The van der Waals surface area contributed by atoms with Gasteiger partial charge >= 0.3 is 0 Å². The minimum atomic E-state index is -2.95. The van der Waals surface area contributed by atoms with Crippen LogP contribution in [0.3, 0.4) is 0 Å². The molecule has 26 heavy (non-hydrogen) atoms. The van der Waals surface area contributed by atoms with Crippen molar-refractivity contribution in [1.82, 2.24) is 8.68 Å². The van der Waals surface area contributed by atoms with E-state index < -0.39 is 12.6 Å². The van der Waals surface area contributed by atoms with Crippen LogP contribution in [0.1, 0.15) is 20.8 Å². The highest BCUT2D eigenvalue weighted by Crippen LogP contribution is 2.69. The Labute approximate surface area is 151 Å². The van der Waals surface area contributed by atoms with Gasteiger partial charge in [-0.1, -0.05) is 48.5 Å². The molecule has 0 N–H and O–H groups in total. The standard InChI is InChI=1S/C22H19N2OP/c1-22(2,3)26(25)23-18-10-6-4-8-14(18)16-12-13-17-15-9-5-7-11-19(15)24(26)21(17)20(16)23/h4-13H,1-3H3. The molecule has 1 aliphatic rings. The third kappa shape index (κ3) is 1.36. The number of rotatable bonds is 0. The molecule has 1 aliphatic heterocycles. The molecule has 0 radical (unpaired) electrons. The van der Waals surface area contributed by atoms with Gasteiger partial charge in [-0.2, -0.15) is 0 Å². The van der Waals surface area contributed by atoms with E-state index in [1.165, 1.54) is 21.5 Å². The van der Waals surface area contributed by atoms with Crippen molar-refractivity contribution in [3.63, 3.8) is 0 Å². The second kappa shape index (κ2) is 4.24. The molecule has 0 atom stereocenters. The third-order valence-corrected chi connectivity index (χ3v) is 9.50. The predicted molar refractivity (Wildman–Crippen MR) is 111 cm³/mol. The second-order valence-corrected chi connectivity index (χ2v) is 11.5. The van der Waals surface area contributed by atoms with E-state index in [0.29, 0.717) is 0 Å². The van der Waals surface area contributed by atoms with Gasteiger partial charge in [-0.3, -0.25) is 13.2 Å². The van der Waals surface area contributed by atoms with Gasteiger partial charge in [-0.15, -0.1) is 0 Å². The van der Waals surface area contributed by atoms with Gasteiger partial charge < -0.3 is 0 Å². The second-order valence-electron chi connectivity index (χ2n) is 8.23. The zero-order valence-corrected chi connectivity index (χ0v) is 15.9. The zero-order valence-electron chi connectivity index (χ0n) is 15.0. The molecule has 3 aromatic carbocycles. The molecule has 0 bridgehead atoms. The van der Waals surface area contributed by atoms with Crippen molar-refractivity contribution in [2.24, 2.45) is 0 Å². The van der Waals surface area contributed by atoms with Crippen molar-refractivity contribution in [3.05, 3.63) is 60.7 Å². The highest BCUT2D eigenvalue weighted by Gasteiger charge is 2.48. The average molecular weight is 358 g/mol. The first-order valence-electron chi connectivity index (χ1n) is 9.02. The van der Waals surface area contributed by atoms with Crippen molar-refractivity contribution in [1.29, 1.82) is 0 Å². The van der Waals surface area contributed by atoms with Crippen molar-refractivity contribution >= 4 is 51.1 Å². The summed E-state index contributed by atoms with van der Waals surface area (Å²) in [6.07, 6.45) is 0. The van der Waals surface area contributed by atoms with E-state index in [4.69, 9.17) is 0 Å². The lowest BCUT2D eigenvalue weighted by molar-refractivity contribution is 0.538. The molecule has 5 aromatic rings. The quantitative estimate of drug-likeness (QED) is 0.286. The van der Waals surface area contributed by atoms with Gasteiger partial charge in [0, 0.05) is 21.5 Å². The van der Waals surface area contributed by atoms with Crippen molar-refractivity contribution in [2.75, 3.05) is 0 Å². The van der Waals surface area contributed by atoms with Crippen molar-refractivity contribution < 1.29 is 4.57 Å². The lowest BCUT2D eigenvalue weighted by Crippen LogP contribution is -2.22. The lowest BCUT2D eigenvalue weighted by atomic mass is 10.1. The minimum Gasteiger partial charge on any atom is -0.274 e. The monoisotopic (exact) mass is 358 g/mol. The molecular weight excluding hydrogens is 339 g/mol. The normalized spacial score (nSPS) is 16.0. The fraction of sp³-hybridized carbons (Fsp3) is 0.182. The number of para-hydroxylation sites is 2. The van der Waals surface area contributed by atoms with Crippen LogP contribution in [0.4, 0.5) is 0 Å². The van der Waals surface area contributed by atoms with Crippen LogP contribution in [0.2, 0.25) is 0 Å². The molecule has 3 nitrogen and oxygen atoms in total. The highest BCUT2D eigenvalue weighted by atomic mass is 31.2. The van der Waals surface area contributed by atoms with E-state index in [0.717, 1.165) is 22.1 Å². The molecule has 0 fully saturated rings. The van der Waals surface area contributed by atoms with Gasteiger partial charge in [0.2, 0.25) is 0 Å². The summed E-state index contributed by atoms with van der Waals surface area (Å²) in [5.74, 6) is 0. The SMILES string of the molecule is CC(C)(C)P1(=O)n2c3ccccc3c3ccc4c5ccccc5n1c4c32.